The van der Waals surface area contributed by atoms with E-state index < -0.39 is 0 Å². The van der Waals surface area contributed by atoms with Crippen molar-refractivity contribution in [3.63, 3.8) is 0 Å². The van der Waals surface area contributed by atoms with Crippen LogP contribution in [0.1, 0.15) is 44.1 Å². The maximum atomic E-state index is 4.28. The highest BCUT2D eigenvalue weighted by Crippen LogP contribution is 2.29. The molecule has 0 spiro atoms. The Hall–Kier alpha value is -0.480. The second-order valence-electron chi connectivity index (χ2n) is 4.34. The summed E-state index contributed by atoms with van der Waals surface area (Å²) in [5, 5.41) is 14.1. The first kappa shape index (κ1) is 12.6. The Bertz CT molecular complexity index is 294. The molecule has 0 saturated carbocycles. The molecule has 0 aromatic carbocycles. The first-order valence-electron chi connectivity index (χ1n) is 5.63. The molecule has 0 unspecified atom stereocenters. The number of likely N-dealkylation sites (N-methyl/N-ethyl adjacent to an activating group) is 1. The zero-order chi connectivity index (χ0) is 11.3. The lowest BCUT2D eigenvalue weighted by Gasteiger charge is -2.17. The molecule has 0 aliphatic carbocycles. The molecule has 86 valence electrons. The Kier molecular flexibility index (Phi) is 4.67. The van der Waals surface area contributed by atoms with Crippen molar-refractivity contribution in [1.29, 1.82) is 0 Å². The lowest BCUT2D eigenvalue weighted by molar-refractivity contribution is 0.498. The van der Waals surface area contributed by atoms with Crippen LogP contribution in [-0.4, -0.2) is 23.3 Å². The van der Waals surface area contributed by atoms with Gasteiger partial charge in [-0.3, -0.25) is 0 Å². The second kappa shape index (κ2) is 5.56. The molecule has 1 heterocycles. The number of nitrogens with one attached hydrogen (secondary N) is 1. The SMILES string of the molecule is CCNCCc1nnc(C(C)(C)CC)s1. The van der Waals surface area contributed by atoms with Crippen molar-refractivity contribution in [3.8, 4) is 0 Å². The molecule has 3 nitrogen and oxygen atoms in total. The molecule has 0 amide bonds. The molecule has 0 saturated heterocycles. The van der Waals surface area contributed by atoms with Gasteiger partial charge in [-0.15, -0.1) is 21.5 Å². The largest absolute Gasteiger partial charge is 0.317 e. The average Bonchev–Trinajstić information content (AvgIpc) is 2.68. The first-order chi connectivity index (χ1) is 7.10. The maximum Gasteiger partial charge on any atom is 0.123 e. The molecule has 1 aromatic heterocycles. The van der Waals surface area contributed by atoms with Gasteiger partial charge in [0.2, 0.25) is 0 Å². The van der Waals surface area contributed by atoms with Gasteiger partial charge in [-0.1, -0.05) is 27.7 Å². The highest BCUT2D eigenvalue weighted by atomic mass is 32.1. The molecule has 15 heavy (non-hydrogen) atoms. The summed E-state index contributed by atoms with van der Waals surface area (Å²) >= 11 is 1.75. The molecule has 1 N–H and O–H groups in total. The number of nitrogens with zero attached hydrogens (tertiary/aromatic N) is 2. The Morgan fingerprint density at radius 1 is 1.27 bits per heavy atom. The summed E-state index contributed by atoms with van der Waals surface area (Å²) in [5.74, 6) is 0. The third-order valence-corrected chi connectivity index (χ3v) is 4.04. The molecule has 1 rings (SSSR count). The molecule has 0 bridgehead atoms. The summed E-state index contributed by atoms with van der Waals surface area (Å²) in [6.45, 7) is 10.8. The third-order valence-electron chi connectivity index (χ3n) is 2.70. The molecular weight excluding hydrogens is 206 g/mol. The van der Waals surface area contributed by atoms with Crippen LogP contribution < -0.4 is 5.32 Å². The van der Waals surface area contributed by atoms with E-state index in [0.717, 1.165) is 35.9 Å². The highest BCUT2D eigenvalue weighted by Gasteiger charge is 2.22. The van der Waals surface area contributed by atoms with Gasteiger partial charge < -0.3 is 5.32 Å². The van der Waals surface area contributed by atoms with Crippen LogP contribution in [0, 0.1) is 0 Å². The smallest absolute Gasteiger partial charge is 0.123 e. The van der Waals surface area contributed by atoms with Crippen LogP contribution in [0.4, 0.5) is 0 Å². The first-order valence-corrected chi connectivity index (χ1v) is 6.45. The van der Waals surface area contributed by atoms with Crippen LogP contribution in [-0.2, 0) is 11.8 Å². The molecule has 0 aliphatic heterocycles. The minimum absolute atomic E-state index is 0.175. The van der Waals surface area contributed by atoms with Crippen LogP contribution in [0.3, 0.4) is 0 Å². The van der Waals surface area contributed by atoms with E-state index in [4.69, 9.17) is 0 Å². The molecule has 0 atom stereocenters. The van der Waals surface area contributed by atoms with Crippen molar-refractivity contribution in [2.24, 2.45) is 0 Å². The molecule has 4 heteroatoms. The van der Waals surface area contributed by atoms with Crippen molar-refractivity contribution in [1.82, 2.24) is 15.5 Å². The molecule has 0 aliphatic rings. The number of hydrogen-bond donors (Lipinski definition) is 1. The van der Waals surface area contributed by atoms with E-state index in [2.05, 4.69) is 43.2 Å². The van der Waals surface area contributed by atoms with Crippen LogP contribution in [0.25, 0.3) is 0 Å². The normalized spacial score (nSPS) is 12.0. The summed E-state index contributed by atoms with van der Waals surface area (Å²) in [4.78, 5) is 0. The Morgan fingerprint density at radius 3 is 2.60 bits per heavy atom. The number of aromatic nitrogens is 2. The second-order valence-corrected chi connectivity index (χ2v) is 5.40. The fourth-order valence-corrected chi connectivity index (χ4v) is 2.16. The number of rotatable bonds is 6. The Balaban J connectivity index is 2.56. The summed E-state index contributed by atoms with van der Waals surface area (Å²) in [7, 11) is 0. The van der Waals surface area contributed by atoms with Gasteiger partial charge in [0.25, 0.3) is 0 Å². The van der Waals surface area contributed by atoms with E-state index in [-0.39, 0.29) is 5.41 Å². The van der Waals surface area contributed by atoms with E-state index in [1.807, 2.05) is 0 Å². The molecular formula is C11H21N3S. The van der Waals surface area contributed by atoms with E-state index in [0.29, 0.717) is 0 Å². The molecule has 1 aromatic rings. The standard InChI is InChI=1S/C11H21N3S/c1-5-11(3,4)10-14-13-9(15-10)7-8-12-6-2/h12H,5-8H2,1-4H3. The fourth-order valence-electron chi connectivity index (χ4n) is 1.15. The minimum Gasteiger partial charge on any atom is -0.317 e. The summed E-state index contributed by atoms with van der Waals surface area (Å²) < 4.78 is 0. The molecule has 0 fully saturated rings. The van der Waals surface area contributed by atoms with Gasteiger partial charge in [0.15, 0.2) is 0 Å². The van der Waals surface area contributed by atoms with Crippen molar-refractivity contribution in [2.75, 3.05) is 13.1 Å². The quantitative estimate of drug-likeness (QED) is 0.758. The van der Waals surface area contributed by atoms with Crippen molar-refractivity contribution >= 4 is 11.3 Å². The maximum absolute atomic E-state index is 4.28. The summed E-state index contributed by atoms with van der Waals surface area (Å²) in [5.41, 5.74) is 0.175. The van der Waals surface area contributed by atoms with Crippen LogP contribution in [0.2, 0.25) is 0 Å². The van der Waals surface area contributed by atoms with Gasteiger partial charge in [0.1, 0.15) is 10.0 Å². The summed E-state index contributed by atoms with van der Waals surface area (Å²) in [6, 6.07) is 0. The zero-order valence-electron chi connectivity index (χ0n) is 10.1. The van der Waals surface area contributed by atoms with Gasteiger partial charge in [0, 0.05) is 18.4 Å². The van der Waals surface area contributed by atoms with Crippen LogP contribution in [0.5, 0.6) is 0 Å². The Morgan fingerprint density at radius 2 is 2.00 bits per heavy atom. The topological polar surface area (TPSA) is 37.8 Å². The van der Waals surface area contributed by atoms with Crippen molar-refractivity contribution in [2.45, 2.75) is 46.0 Å². The minimum atomic E-state index is 0.175. The molecule has 0 radical (unpaired) electrons. The lowest BCUT2D eigenvalue weighted by Crippen LogP contribution is -2.15. The Labute approximate surface area is 96.3 Å². The third kappa shape index (κ3) is 3.54. The number of hydrogen-bond acceptors (Lipinski definition) is 4. The fraction of sp³-hybridized carbons (Fsp3) is 0.818. The van der Waals surface area contributed by atoms with Gasteiger partial charge in [-0.05, 0) is 13.0 Å². The highest BCUT2D eigenvalue weighted by molar-refractivity contribution is 7.11. The summed E-state index contributed by atoms with van der Waals surface area (Å²) in [6.07, 6.45) is 2.10. The monoisotopic (exact) mass is 227 g/mol. The van der Waals surface area contributed by atoms with E-state index in [9.17, 15) is 0 Å². The predicted molar refractivity (Wildman–Crippen MR) is 65.5 cm³/mol. The van der Waals surface area contributed by atoms with E-state index in [1.165, 1.54) is 0 Å². The van der Waals surface area contributed by atoms with Gasteiger partial charge in [0.05, 0.1) is 0 Å². The van der Waals surface area contributed by atoms with Gasteiger partial charge >= 0.3 is 0 Å². The van der Waals surface area contributed by atoms with Crippen molar-refractivity contribution in [3.05, 3.63) is 10.0 Å². The van der Waals surface area contributed by atoms with E-state index >= 15 is 0 Å². The van der Waals surface area contributed by atoms with Crippen molar-refractivity contribution < 1.29 is 0 Å². The zero-order valence-corrected chi connectivity index (χ0v) is 10.9. The van der Waals surface area contributed by atoms with Crippen LogP contribution >= 0.6 is 11.3 Å². The van der Waals surface area contributed by atoms with Gasteiger partial charge in [-0.2, -0.15) is 0 Å². The van der Waals surface area contributed by atoms with Gasteiger partial charge in [-0.25, -0.2) is 0 Å². The lowest BCUT2D eigenvalue weighted by atomic mass is 9.91. The predicted octanol–water partition coefficient (Wildman–Crippen LogP) is 2.38. The average molecular weight is 227 g/mol. The van der Waals surface area contributed by atoms with E-state index in [1.54, 1.807) is 11.3 Å². The van der Waals surface area contributed by atoms with Crippen LogP contribution in [0.15, 0.2) is 0 Å².